The number of ether oxygens (including phenoxy) is 1. The summed E-state index contributed by atoms with van der Waals surface area (Å²) >= 11 is 0. The quantitative estimate of drug-likeness (QED) is 0.900. The van der Waals surface area contributed by atoms with E-state index in [0.29, 0.717) is 6.10 Å². The van der Waals surface area contributed by atoms with E-state index < -0.39 is 0 Å². The van der Waals surface area contributed by atoms with Crippen molar-refractivity contribution in [2.45, 2.75) is 45.6 Å². The number of hydrogen-bond donors (Lipinski definition) is 2. The van der Waals surface area contributed by atoms with E-state index in [4.69, 9.17) is 4.74 Å². The lowest BCUT2D eigenvalue weighted by atomic mass is 10.1. The molecule has 0 radical (unpaired) electrons. The van der Waals surface area contributed by atoms with Crippen molar-refractivity contribution in [1.82, 2.24) is 15.3 Å². The van der Waals surface area contributed by atoms with Gasteiger partial charge in [0.15, 0.2) is 0 Å². The third-order valence-electron chi connectivity index (χ3n) is 3.88. The molecule has 1 aromatic carbocycles. The van der Waals surface area contributed by atoms with E-state index in [9.17, 15) is 0 Å². The summed E-state index contributed by atoms with van der Waals surface area (Å²) in [6.45, 7) is 6.38. The molecule has 1 aromatic heterocycles. The van der Waals surface area contributed by atoms with Crippen LogP contribution in [-0.2, 0) is 6.42 Å². The van der Waals surface area contributed by atoms with Crippen LogP contribution in [0.25, 0.3) is 11.0 Å². The van der Waals surface area contributed by atoms with Gasteiger partial charge in [0.2, 0.25) is 0 Å². The first-order chi connectivity index (χ1) is 9.76. The zero-order valence-corrected chi connectivity index (χ0v) is 12.3. The van der Waals surface area contributed by atoms with E-state index in [1.54, 1.807) is 0 Å². The fourth-order valence-corrected chi connectivity index (χ4v) is 2.84. The number of benzene rings is 1. The molecule has 0 unspecified atom stereocenters. The molecule has 0 aliphatic carbocycles. The van der Waals surface area contributed by atoms with Crippen LogP contribution in [0.15, 0.2) is 12.1 Å². The van der Waals surface area contributed by atoms with Crippen LogP contribution in [0.2, 0.25) is 0 Å². The van der Waals surface area contributed by atoms with Gasteiger partial charge in [0, 0.05) is 12.5 Å². The Bertz CT molecular complexity index is 585. The smallest absolute Gasteiger partial charge is 0.122 e. The Balaban J connectivity index is 1.84. The molecule has 2 heterocycles. The molecular formula is C16H23N3O. The molecule has 4 heteroatoms. The molecule has 0 amide bonds. The summed E-state index contributed by atoms with van der Waals surface area (Å²) in [6.07, 6.45) is 4.62. The highest BCUT2D eigenvalue weighted by atomic mass is 16.5. The fourth-order valence-electron chi connectivity index (χ4n) is 2.84. The molecule has 20 heavy (non-hydrogen) atoms. The van der Waals surface area contributed by atoms with Crippen LogP contribution in [0.3, 0.4) is 0 Å². The molecule has 0 atom stereocenters. The molecule has 108 valence electrons. The molecule has 4 nitrogen and oxygen atoms in total. The minimum Gasteiger partial charge on any atom is -0.490 e. The number of aromatic amines is 1. The number of piperidine rings is 1. The monoisotopic (exact) mass is 273 g/mol. The van der Waals surface area contributed by atoms with Crippen LogP contribution in [-0.4, -0.2) is 29.2 Å². The number of nitrogens with one attached hydrogen (secondary N) is 2. The lowest BCUT2D eigenvalue weighted by molar-refractivity contribution is 0.162. The van der Waals surface area contributed by atoms with Gasteiger partial charge in [-0.3, -0.25) is 0 Å². The molecule has 0 saturated carbocycles. The second-order valence-corrected chi connectivity index (χ2v) is 5.64. The summed E-state index contributed by atoms with van der Waals surface area (Å²) in [4.78, 5) is 8.08. The Morgan fingerprint density at radius 3 is 2.85 bits per heavy atom. The van der Waals surface area contributed by atoms with Crippen LogP contribution in [0, 0.1) is 6.92 Å². The summed E-state index contributed by atoms with van der Waals surface area (Å²) < 4.78 is 6.13. The van der Waals surface area contributed by atoms with Gasteiger partial charge in [-0.2, -0.15) is 0 Å². The Morgan fingerprint density at radius 2 is 2.10 bits per heavy atom. The van der Waals surface area contributed by atoms with Gasteiger partial charge in [-0.25, -0.2) is 4.98 Å². The minimum atomic E-state index is 0.339. The molecule has 1 aliphatic rings. The number of hydrogen-bond acceptors (Lipinski definition) is 3. The Kier molecular flexibility index (Phi) is 3.92. The van der Waals surface area contributed by atoms with Crippen molar-refractivity contribution in [3.05, 3.63) is 23.5 Å². The normalized spacial score (nSPS) is 16.7. The highest BCUT2D eigenvalue weighted by Gasteiger charge is 2.15. The van der Waals surface area contributed by atoms with Crippen molar-refractivity contribution < 1.29 is 4.74 Å². The molecule has 1 fully saturated rings. The predicted molar refractivity (Wildman–Crippen MR) is 81.3 cm³/mol. The van der Waals surface area contributed by atoms with Gasteiger partial charge in [0.1, 0.15) is 17.7 Å². The zero-order chi connectivity index (χ0) is 13.9. The van der Waals surface area contributed by atoms with Crippen molar-refractivity contribution in [3.8, 4) is 5.75 Å². The molecule has 1 aliphatic heterocycles. The number of rotatable bonds is 4. The average Bonchev–Trinajstić information content (AvgIpc) is 2.83. The van der Waals surface area contributed by atoms with Crippen molar-refractivity contribution in [2.24, 2.45) is 0 Å². The van der Waals surface area contributed by atoms with Gasteiger partial charge in [0.05, 0.1) is 11.0 Å². The van der Waals surface area contributed by atoms with Crippen molar-refractivity contribution in [1.29, 1.82) is 0 Å². The highest BCUT2D eigenvalue weighted by molar-refractivity contribution is 5.80. The van der Waals surface area contributed by atoms with E-state index in [-0.39, 0.29) is 0 Å². The largest absolute Gasteiger partial charge is 0.490 e. The van der Waals surface area contributed by atoms with E-state index in [0.717, 1.165) is 61.4 Å². The summed E-state index contributed by atoms with van der Waals surface area (Å²) in [7, 11) is 0. The Labute approximate surface area is 119 Å². The van der Waals surface area contributed by atoms with Crippen LogP contribution < -0.4 is 10.1 Å². The topological polar surface area (TPSA) is 49.9 Å². The van der Waals surface area contributed by atoms with Crippen molar-refractivity contribution in [2.75, 3.05) is 13.1 Å². The molecule has 0 bridgehead atoms. The molecule has 0 spiro atoms. The summed E-state index contributed by atoms with van der Waals surface area (Å²) in [5.41, 5.74) is 3.36. The third-order valence-corrected chi connectivity index (χ3v) is 3.88. The first kappa shape index (κ1) is 13.4. The van der Waals surface area contributed by atoms with E-state index in [1.807, 2.05) is 0 Å². The Hall–Kier alpha value is -1.55. The predicted octanol–water partition coefficient (Wildman–Crippen LogP) is 2.95. The van der Waals surface area contributed by atoms with Crippen molar-refractivity contribution in [3.63, 3.8) is 0 Å². The number of aromatic nitrogens is 2. The number of nitrogens with zero attached hydrogens (tertiary/aromatic N) is 1. The lowest BCUT2D eigenvalue weighted by Gasteiger charge is -2.24. The average molecular weight is 273 g/mol. The molecule has 2 aromatic rings. The maximum absolute atomic E-state index is 6.13. The number of aryl methyl sites for hydroxylation is 2. The maximum Gasteiger partial charge on any atom is 0.122 e. The van der Waals surface area contributed by atoms with E-state index in [1.165, 1.54) is 5.56 Å². The molecular weight excluding hydrogens is 250 g/mol. The third kappa shape index (κ3) is 2.80. The molecule has 3 rings (SSSR count). The number of imidazole rings is 1. The SMILES string of the molecule is CCCc1nc2c(C)cc(OC3CCNCC3)cc2[nH]1. The molecule has 2 N–H and O–H groups in total. The number of H-pyrrole nitrogens is 1. The van der Waals surface area contributed by atoms with Gasteiger partial charge >= 0.3 is 0 Å². The van der Waals surface area contributed by atoms with Crippen LogP contribution >= 0.6 is 0 Å². The first-order valence-electron chi connectivity index (χ1n) is 7.63. The van der Waals surface area contributed by atoms with Crippen molar-refractivity contribution >= 4 is 11.0 Å². The Morgan fingerprint density at radius 1 is 1.30 bits per heavy atom. The van der Waals surface area contributed by atoms with E-state index in [2.05, 4.69) is 41.3 Å². The first-order valence-corrected chi connectivity index (χ1v) is 7.63. The van der Waals surface area contributed by atoms with Crippen LogP contribution in [0.4, 0.5) is 0 Å². The van der Waals surface area contributed by atoms with Gasteiger partial charge in [-0.15, -0.1) is 0 Å². The zero-order valence-electron chi connectivity index (χ0n) is 12.3. The summed E-state index contributed by atoms with van der Waals surface area (Å²) in [6, 6.07) is 4.21. The second-order valence-electron chi connectivity index (χ2n) is 5.64. The minimum absolute atomic E-state index is 0.339. The van der Waals surface area contributed by atoms with Gasteiger partial charge < -0.3 is 15.0 Å². The van der Waals surface area contributed by atoms with Crippen LogP contribution in [0.5, 0.6) is 5.75 Å². The number of fused-ring (bicyclic) bond motifs is 1. The second kappa shape index (κ2) is 5.83. The van der Waals surface area contributed by atoms with Gasteiger partial charge in [-0.1, -0.05) is 6.92 Å². The lowest BCUT2D eigenvalue weighted by Crippen LogP contribution is -2.34. The van der Waals surface area contributed by atoms with Crippen LogP contribution in [0.1, 0.15) is 37.6 Å². The molecule has 1 saturated heterocycles. The van der Waals surface area contributed by atoms with E-state index >= 15 is 0 Å². The fraction of sp³-hybridized carbons (Fsp3) is 0.562. The standard InChI is InChI=1S/C16H23N3O/c1-3-4-15-18-14-10-13(9-11(2)16(14)19-15)20-12-5-7-17-8-6-12/h9-10,12,17H,3-8H2,1-2H3,(H,18,19). The van der Waals surface area contributed by atoms with Gasteiger partial charge in [-0.05, 0) is 50.9 Å². The summed E-state index contributed by atoms with van der Waals surface area (Å²) in [5.74, 6) is 2.04. The highest BCUT2D eigenvalue weighted by Crippen LogP contribution is 2.25. The maximum atomic E-state index is 6.13. The van der Waals surface area contributed by atoms with Gasteiger partial charge in [0.25, 0.3) is 0 Å². The summed E-state index contributed by atoms with van der Waals surface area (Å²) in [5, 5.41) is 3.36.